The van der Waals surface area contributed by atoms with Gasteiger partial charge in [-0.3, -0.25) is 0 Å². The highest BCUT2D eigenvalue weighted by atomic mass is 79.9. The van der Waals surface area contributed by atoms with Crippen LogP contribution in [0.3, 0.4) is 0 Å². The predicted octanol–water partition coefficient (Wildman–Crippen LogP) is 4.88. The summed E-state index contributed by atoms with van der Waals surface area (Å²) >= 11 is 9.47. The van der Waals surface area contributed by atoms with E-state index in [1.54, 1.807) is 0 Å². The summed E-state index contributed by atoms with van der Waals surface area (Å²) in [4.78, 5) is 0. The fourth-order valence-corrected chi connectivity index (χ4v) is 3.20. The molecule has 0 bridgehead atoms. The average Bonchev–Trinajstić information content (AvgIpc) is 2.83. The summed E-state index contributed by atoms with van der Waals surface area (Å²) in [5, 5.41) is 4.40. The molecule has 0 aromatic heterocycles. The first kappa shape index (κ1) is 13.2. The molecule has 0 saturated heterocycles. The van der Waals surface area contributed by atoms with Gasteiger partial charge in [0.25, 0.3) is 0 Å². The summed E-state index contributed by atoms with van der Waals surface area (Å²) in [6.07, 6.45) is 2.37. The Kier molecular flexibility index (Phi) is 3.92. The van der Waals surface area contributed by atoms with E-state index >= 15 is 0 Å². The van der Waals surface area contributed by atoms with Crippen molar-refractivity contribution in [2.24, 2.45) is 0 Å². The van der Waals surface area contributed by atoms with Crippen LogP contribution in [0.1, 0.15) is 29.2 Å². The Morgan fingerprint density at radius 3 is 2.89 bits per heavy atom. The quantitative estimate of drug-likeness (QED) is 0.842. The maximum absolute atomic E-state index is 6.01. The first-order valence-corrected chi connectivity index (χ1v) is 7.66. The number of nitrogens with one attached hydrogen (secondary N) is 1. The molecule has 1 atom stereocenters. The highest BCUT2D eigenvalue weighted by Crippen LogP contribution is 2.31. The number of hydrogen-bond acceptors (Lipinski definition) is 1. The van der Waals surface area contributed by atoms with Crippen LogP contribution < -0.4 is 5.32 Å². The largest absolute Gasteiger partial charge is 0.306 e. The van der Waals surface area contributed by atoms with Gasteiger partial charge in [-0.25, -0.2) is 0 Å². The average molecular weight is 337 g/mol. The van der Waals surface area contributed by atoms with Gasteiger partial charge in [-0.15, -0.1) is 0 Å². The lowest BCUT2D eigenvalue weighted by atomic mass is 10.1. The summed E-state index contributed by atoms with van der Waals surface area (Å²) in [7, 11) is 0. The summed E-state index contributed by atoms with van der Waals surface area (Å²) < 4.78 is 0.959. The van der Waals surface area contributed by atoms with Crippen LogP contribution in [0.4, 0.5) is 0 Å². The lowest BCUT2D eigenvalue weighted by Gasteiger charge is -2.14. The van der Waals surface area contributed by atoms with Crippen LogP contribution in [-0.4, -0.2) is 0 Å². The Morgan fingerprint density at radius 1 is 1.21 bits per heavy atom. The molecule has 1 unspecified atom stereocenters. The first-order valence-electron chi connectivity index (χ1n) is 6.49. The van der Waals surface area contributed by atoms with Crippen molar-refractivity contribution in [2.75, 3.05) is 0 Å². The van der Waals surface area contributed by atoms with Crippen LogP contribution in [0.5, 0.6) is 0 Å². The molecular weight excluding hydrogens is 322 g/mol. The molecule has 98 valence electrons. The third-order valence-corrected chi connectivity index (χ3v) is 4.88. The van der Waals surface area contributed by atoms with Crippen molar-refractivity contribution < 1.29 is 0 Å². The van der Waals surface area contributed by atoms with E-state index < -0.39 is 0 Å². The number of aryl methyl sites for hydroxylation is 1. The van der Waals surface area contributed by atoms with E-state index in [4.69, 9.17) is 11.6 Å². The van der Waals surface area contributed by atoms with Gasteiger partial charge in [0, 0.05) is 17.1 Å². The Balaban J connectivity index is 1.69. The molecule has 3 heteroatoms. The van der Waals surface area contributed by atoms with Crippen molar-refractivity contribution in [3.8, 4) is 0 Å². The molecule has 1 aliphatic rings. The second kappa shape index (κ2) is 5.66. The SMILES string of the molecule is Clc1ccc(CNC2CCc3ccccc32)cc1Br. The van der Waals surface area contributed by atoms with E-state index in [0.29, 0.717) is 6.04 Å². The van der Waals surface area contributed by atoms with Gasteiger partial charge in [0.05, 0.1) is 5.02 Å². The zero-order chi connectivity index (χ0) is 13.2. The third-order valence-electron chi connectivity index (χ3n) is 3.67. The molecule has 2 aromatic carbocycles. The van der Waals surface area contributed by atoms with Gasteiger partial charge < -0.3 is 5.32 Å². The topological polar surface area (TPSA) is 12.0 Å². The zero-order valence-corrected chi connectivity index (χ0v) is 12.8. The summed E-state index contributed by atoms with van der Waals surface area (Å²) in [6, 6.07) is 15.3. The lowest BCUT2D eigenvalue weighted by Crippen LogP contribution is -2.18. The number of halogens is 2. The van der Waals surface area contributed by atoms with Crippen molar-refractivity contribution in [2.45, 2.75) is 25.4 Å². The molecule has 0 heterocycles. The molecule has 0 aliphatic heterocycles. The zero-order valence-electron chi connectivity index (χ0n) is 10.5. The maximum Gasteiger partial charge on any atom is 0.0548 e. The van der Waals surface area contributed by atoms with Crippen LogP contribution in [0.15, 0.2) is 46.9 Å². The summed E-state index contributed by atoms with van der Waals surface area (Å²) in [5.41, 5.74) is 4.19. The van der Waals surface area contributed by atoms with Crippen molar-refractivity contribution in [1.82, 2.24) is 5.32 Å². The normalized spacial score (nSPS) is 17.5. The van der Waals surface area contributed by atoms with Crippen LogP contribution in [0.2, 0.25) is 5.02 Å². The fraction of sp³-hybridized carbons (Fsp3) is 0.250. The molecule has 0 fully saturated rings. The molecule has 3 rings (SSSR count). The Bertz CT molecular complexity index is 597. The minimum Gasteiger partial charge on any atom is -0.306 e. The van der Waals surface area contributed by atoms with Crippen LogP contribution >= 0.6 is 27.5 Å². The van der Waals surface area contributed by atoms with Gasteiger partial charge in [0.2, 0.25) is 0 Å². The second-order valence-corrected chi connectivity index (χ2v) is 6.18. The van der Waals surface area contributed by atoms with Crippen molar-refractivity contribution in [3.63, 3.8) is 0 Å². The molecule has 2 aromatic rings. The third kappa shape index (κ3) is 2.86. The van der Waals surface area contributed by atoms with E-state index in [2.05, 4.69) is 57.6 Å². The molecule has 0 spiro atoms. The van der Waals surface area contributed by atoms with Gasteiger partial charge in [-0.05, 0) is 57.6 Å². The first-order chi connectivity index (χ1) is 9.24. The van der Waals surface area contributed by atoms with Gasteiger partial charge in [0.1, 0.15) is 0 Å². The van der Waals surface area contributed by atoms with E-state index in [0.717, 1.165) is 16.0 Å². The number of hydrogen-bond donors (Lipinski definition) is 1. The van der Waals surface area contributed by atoms with Gasteiger partial charge in [-0.2, -0.15) is 0 Å². The van der Waals surface area contributed by atoms with Crippen LogP contribution in [0, 0.1) is 0 Å². The molecule has 1 N–H and O–H groups in total. The minimum atomic E-state index is 0.477. The van der Waals surface area contributed by atoms with E-state index in [1.165, 1.54) is 29.5 Å². The predicted molar refractivity (Wildman–Crippen MR) is 83.5 cm³/mol. The van der Waals surface area contributed by atoms with E-state index in [-0.39, 0.29) is 0 Å². The van der Waals surface area contributed by atoms with Gasteiger partial charge in [-0.1, -0.05) is 41.9 Å². The minimum absolute atomic E-state index is 0.477. The summed E-state index contributed by atoms with van der Waals surface area (Å²) in [5.74, 6) is 0. The Labute approximate surface area is 127 Å². The monoisotopic (exact) mass is 335 g/mol. The molecule has 1 aliphatic carbocycles. The number of rotatable bonds is 3. The maximum atomic E-state index is 6.01. The van der Waals surface area contributed by atoms with E-state index in [9.17, 15) is 0 Å². The van der Waals surface area contributed by atoms with Crippen LogP contribution in [-0.2, 0) is 13.0 Å². The Morgan fingerprint density at radius 2 is 2.05 bits per heavy atom. The smallest absolute Gasteiger partial charge is 0.0548 e. The number of fused-ring (bicyclic) bond motifs is 1. The lowest BCUT2D eigenvalue weighted by molar-refractivity contribution is 0.530. The highest BCUT2D eigenvalue weighted by Gasteiger charge is 2.20. The van der Waals surface area contributed by atoms with Gasteiger partial charge >= 0.3 is 0 Å². The number of benzene rings is 2. The van der Waals surface area contributed by atoms with Crippen molar-refractivity contribution >= 4 is 27.5 Å². The van der Waals surface area contributed by atoms with Crippen LogP contribution in [0.25, 0.3) is 0 Å². The van der Waals surface area contributed by atoms with Gasteiger partial charge in [0.15, 0.2) is 0 Å². The molecule has 0 amide bonds. The Hall–Kier alpha value is -0.830. The second-order valence-electron chi connectivity index (χ2n) is 4.92. The molecule has 0 radical (unpaired) electrons. The van der Waals surface area contributed by atoms with E-state index in [1.807, 2.05) is 6.07 Å². The van der Waals surface area contributed by atoms with Crippen molar-refractivity contribution in [1.29, 1.82) is 0 Å². The molecular formula is C16H15BrClN. The molecule has 1 nitrogen and oxygen atoms in total. The molecule has 0 saturated carbocycles. The molecule has 19 heavy (non-hydrogen) atoms. The standard InChI is InChI=1S/C16H15BrClN/c17-14-9-11(5-7-15(14)18)10-19-16-8-6-12-3-1-2-4-13(12)16/h1-5,7,9,16,19H,6,8,10H2. The fourth-order valence-electron chi connectivity index (χ4n) is 2.66. The van der Waals surface area contributed by atoms with Crippen molar-refractivity contribution in [3.05, 3.63) is 68.7 Å². The summed E-state index contributed by atoms with van der Waals surface area (Å²) in [6.45, 7) is 0.870. The highest BCUT2D eigenvalue weighted by molar-refractivity contribution is 9.10.